The number of pyridine rings is 1. The number of nitrogens with one attached hydrogen (secondary N) is 1. The van der Waals surface area contributed by atoms with Crippen LogP contribution in [0.2, 0.25) is 5.02 Å². The lowest BCUT2D eigenvalue weighted by Gasteiger charge is -2.27. The number of hydrogen-bond acceptors (Lipinski definition) is 3. The van der Waals surface area contributed by atoms with Crippen LogP contribution < -0.4 is 5.32 Å². The molecule has 2 aromatic rings. The number of hydrogen-bond donors (Lipinski definition) is 1. The minimum absolute atomic E-state index is 0.420. The van der Waals surface area contributed by atoms with Gasteiger partial charge in [0.15, 0.2) is 5.65 Å². The molecule has 0 radical (unpaired) electrons. The number of aromatic nitrogens is 3. The summed E-state index contributed by atoms with van der Waals surface area (Å²) in [4.78, 5) is 4.32. The first-order valence-electron chi connectivity index (χ1n) is 4.65. The Hall–Kier alpha value is -0.650. The first-order chi connectivity index (χ1) is 7.27. The third-order valence-electron chi connectivity index (χ3n) is 2.62. The Labute approximate surface area is 99.7 Å². The molecule has 15 heavy (non-hydrogen) atoms. The van der Waals surface area contributed by atoms with E-state index in [0.29, 0.717) is 11.1 Å². The monoisotopic (exact) mass is 286 g/mol. The van der Waals surface area contributed by atoms with Crippen molar-refractivity contribution in [1.82, 2.24) is 20.1 Å². The van der Waals surface area contributed by atoms with Crippen molar-refractivity contribution < 1.29 is 0 Å². The first-order valence-corrected chi connectivity index (χ1v) is 5.82. The van der Waals surface area contributed by atoms with Crippen LogP contribution in [0.25, 0.3) is 11.0 Å². The SMILES string of the molecule is Clc1cnc2c(cnn2C2CNC2)c1Br. The second kappa shape index (κ2) is 3.43. The summed E-state index contributed by atoms with van der Waals surface area (Å²) in [5.74, 6) is 0. The molecule has 1 fully saturated rings. The van der Waals surface area contributed by atoms with Crippen molar-refractivity contribution in [2.24, 2.45) is 0 Å². The lowest BCUT2D eigenvalue weighted by Crippen LogP contribution is -2.43. The molecule has 4 nitrogen and oxygen atoms in total. The molecule has 0 amide bonds. The maximum absolute atomic E-state index is 5.97. The van der Waals surface area contributed by atoms with Gasteiger partial charge in [-0.15, -0.1) is 0 Å². The highest BCUT2D eigenvalue weighted by atomic mass is 79.9. The van der Waals surface area contributed by atoms with Crippen molar-refractivity contribution in [3.8, 4) is 0 Å². The Balaban J connectivity index is 2.21. The predicted octanol–water partition coefficient (Wildman–Crippen LogP) is 1.99. The van der Waals surface area contributed by atoms with Crippen molar-refractivity contribution in [2.75, 3.05) is 13.1 Å². The largest absolute Gasteiger partial charge is 0.312 e. The summed E-state index contributed by atoms with van der Waals surface area (Å²) in [5.41, 5.74) is 0.887. The van der Waals surface area contributed by atoms with Crippen LogP contribution in [0, 0.1) is 0 Å². The molecule has 3 rings (SSSR count). The summed E-state index contributed by atoms with van der Waals surface area (Å²) in [6.45, 7) is 1.91. The topological polar surface area (TPSA) is 42.7 Å². The normalized spacial score (nSPS) is 16.9. The van der Waals surface area contributed by atoms with E-state index in [1.807, 2.05) is 4.68 Å². The molecular formula is C9H8BrClN4. The lowest BCUT2D eigenvalue weighted by molar-refractivity contribution is 0.325. The molecule has 0 aliphatic carbocycles. The van der Waals surface area contributed by atoms with E-state index < -0.39 is 0 Å². The van der Waals surface area contributed by atoms with Crippen LogP contribution in [0.5, 0.6) is 0 Å². The maximum atomic E-state index is 5.97. The number of nitrogens with zero attached hydrogens (tertiary/aromatic N) is 3. The Morgan fingerprint density at radius 3 is 2.93 bits per heavy atom. The fourth-order valence-electron chi connectivity index (χ4n) is 1.66. The van der Waals surface area contributed by atoms with Gasteiger partial charge in [-0.25, -0.2) is 9.67 Å². The second-order valence-electron chi connectivity index (χ2n) is 3.56. The molecule has 0 bridgehead atoms. The molecule has 1 saturated heterocycles. The maximum Gasteiger partial charge on any atom is 0.159 e. The minimum Gasteiger partial charge on any atom is -0.312 e. The molecule has 0 saturated carbocycles. The van der Waals surface area contributed by atoms with Crippen LogP contribution in [-0.2, 0) is 0 Å². The van der Waals surface area contributed by atoms with Gasteiger partial charge in [-0.1, -0.05) is 11.6 Å². The summed E-state index contributed by atoms with van der Waals surface area (Å²) in [6.07, 6.45) is 3.45. The molecule has 78 valence electrons. The van der Waals surface area contributed by atoms with Crippen molar-refractivity contribution in [1.29, 1.82) is 0 Å². The Bertz CT molecular complexity index is 520. The fraction of sp³-hybridized carbons (Fsp3) is 0.333. The zero-order chi connectivity index (χ0) is 10.4. The Morgan fingerprint density at radius 1 is 1.47 bits per heavy atom. The highest BCUT2D eigenvalue weighted by molar-refractivity contribution is 9.10. The Morgan fingerprint density at radius 2 is 2.27 bits per heavy atom. The molecule has 0 atom stereocenters. The average Bonchev–Trinajstić information content (AvgIpc) is 2.54. The quantitative estimate of drug-likeness (QED) is 0.872. The number of rotatable bonds is 1. The standard InChI is InChI=1S/C9H8BrClN4/c10-8-6-3-14-15(5-1-12-2-5)9(6)13-4-7(8)11/h3-5,12H,1-2H2. The molecule has 0 unspecified atom stereocenters. The lowest BCUT2D eigenvalue weighted by atomic mass is 10.2. The summed E-state index contributed by atoms with van der Waals surface area (Å²) < 4.78 is 2.82. The molecule has 6 heteroatoms. The second-order valence-corrected chi connectivity index (χ2v) is 4.76. The van der Waals surface area contributed by atoms with E-state index in [2.05, 4.69) is 31.3 Å². The van der Waals surface area contributed by atoms with E-state index in [-0.39, 0.29) is 0 Å². The molecule has 1 aliphatic heterocycles. The van der Waals surface area contributed by atoms with Gasteiger partial charge in [0.1, 0.15) is 0 Å². The van der Waals surface area contributed by atoms with Crippen LogP contribution in [0.4, 0.5) is 0 Å². The van der Waals surface area contributed by atoms with E-state index in [9.17, 15) is 0 Å². The number of halogens is 2. The molecule has 0 spiro atoms. The van der Waals surface area contributed by atoms with Crippen LogP contribution in [-0.4, -0.2) is 27.9 Å². The minimum atomic E-state index is 0.420. The molecular weight excluding hydrogens is 279 g/mol. The van der Waals surface area contributed by atoms with Crippen molar-refractivity contribution in [3.63, 3.8) is 0 Å². The summed E-state index contributed by atoms with van der Waals surface area (Å²) >= 11 is 9.41. The third kappa shape index (κ3) is 1.38. The summed E-state index contributed by atoms with van der Waals surface area (Å²) in [5, 5.41) is 9.14. The van der Waals surface area contributed by atoms with Crippen molar-refractivity contribution in [2.45, 2.75) is 6.04 Å². The van der Waals surface area contributed by atoms with Crippen LogP contribution in [0.3, 0.4) is 0 Å². The highest BCUT2D eigenvalue weighted by Crippen LogP contribution is 2.30. The van der Waals surface area contributed by atoms with Crippen LogP contribution in [0.15, 0.2) is 16.9 Å². The highest BCUT2D eigenvalue weighted by Gasteiger charge is 2.22. The van der Waals surface area contributed by atoms with Crippen molar-refractivity contribution in [3.05, 3.63) is 21.9 Å². The molecule has 3 heterocycles. The Kier molecular flexibility index (Phi) is 2.19. The molecule has 1 aliphatic rings. The van der Waals surface area contributed by atoms with Gasteiger partial charge in [0.2, 0.25) is 0 Å². The fourth-order valence-corrected chi connectivity index (χ4v) is 2.19. The van der Waals surface area contributed by atoms with Gasteiger partial charge in [-0.2, -0.15) is 5.10 Å². The van der Waals surface area contributed by atoms with Gasteiger partial charge >= 0.3 is 0 Å². The van der Waals surface area contributed by atoms with Gasteiger partial charge in [-0.3, -0.25) is 0 Å². The predicted molar refractivity (Wildman–Crippen MR) is 62.1 cm³/mol. The van der Waals surface area contributed by atoms with Crippen LogP contribution >= 0.6 is 27.5 Å². The van der Waals surface area contributed by atoms with E-state index in [0.717, 1.165) is 28.6 Å². The van der Waals surface area contributed by atoms with Crippen molar-refractivity contribution >= 4 is 38.6 Å². The zero-order valence-electron chi connectivity index (χ0n) is 7.74. The first kappa shape index (κ1) is 9.57. The van der Waals surface area contributed by atoms with E-state index >= 15 is 0 Å². The number of fused-ring (bicyclic) bond motifs is 1. The van der Waals surface area contributed by atoms with Gasteiger partial charge in [0.25, 0.3) is 0 Å². The third-order valence-corrected chi connectivity index (χ3v) is 3.99. The molecule has 2 aromatic heterocycles. The van der Waals surface area contributed by atoms with Gasteiger partial charge in [0, 0.05) is 19.3 Å². The summed E-state index contributed by atoms with van der Waals surface area (Å²) in [7, 11) is 0. The van der Waals surface area contributed by atoms with Gasteiger partial charge in [0.05, 0.1) is 27.1 Å². The average molecular weight is 288 g/mol. The van der Waals surface area contributed by atoms with E-state index in [1.165, 1.54) is 0 Å². The van der Waals surface area contributed by atoms with E-state index in [1.54, 1.807) is 12.4 Å². The molecule has 1 N–H and O–H groups in total. The van der Waals surface area contributed by atoms with E-state index in [4.69, 9.17) is 11.6 Å². The zero-order valence-corrected chi connectivity index (χ0v) is 10.1. The molecule has 0 aromatic carbocycles. The summed E-state index contributed by atoms with van der Waals surface area (Å²) in [6, 6.07) is 0.420. The van der Waals surface area contributed by atoms with Gasteiger partial charge in [-0.05, 0) is 15.9 Å². The van der Waals surface area contributed by atoms with Gasteiger partial charge < -0.3 is 5.32 Å². The smallest absolute Gasteiger partial charge is 0.159 e. The van der Waals surface area contributed by atoms with Crippen LogP contribution in [0.1, 0.15) is 6.04 Å².